The van der Waals surface area contributed by atoms with E-state index in [1.807, 2.05) is 29.9 Å². The Hall–Kier alpha value is -3.54. The number of rotatable bonds is 6. The van der Waals surface area contributed by atoms with Gasteiger partial charge in [-0.15, -0.1) is 0 Å². The number of hydrogen-bond acceptors (Lipinski definition) is 5. The molecule has 192 valence electrons. The summed E-state index contributed by atoms with van der Waals surface area (Å²) in [6.07, 6.45) is 3.04. The smallest absolute Gasteiger partial charge is 0.231 e. The molecule has 2 aromatic carbocycles. The van der Waals surface area contributed by atoms with Crippen molar-refractivity contribution in [1.82, 2.24) is 19.3 Å². The van der Waals surface area contributed by atoms with Gasteiger partial charge >= 0.3 is 0 Å². The first-order chi connectivity index (χ1) is 17.4. The summed E-state index contributed by atoms with van der Waals surface area (Å²) in [4.78, 5) is 4.83. The molecule has 8 nitrogen and oxygen atoms in total. The molecule has 0 bridgehead atoms. The molecule has 0 aliphatic rings. The van der Waals surface area contributed by atoms with E-state index in [1.165, 1.54) is 16.8 Å². The second kappa shape index (κ2) is 9.09. The summed E-state index contributed by atoms with van der Waals surface area (Å²) >= 11 is 6.50. The Labute approximate surface area is 216 Å². The fourth-order valence-corrected chi connectivity index (χ4v) is 5.36. The van der Waals surface area contributed by atoms with Gasteiger partial charge in [-0.1, -0.05) is 17.7 Å². The van der Waals surface area contributed by atoms with Crippen LogP contribution in [0.5, 0.6) is 0 Å². The monoisotopic (exact) mass is 544 g/mol. The quantitative estimate of drug-likeness (QED) is 0.323. The van der Waals surface area contributed by atoms with Crippen LogP contribution in [-0.4, -0.2) is 34.0 Å². The number of pyridine rings is 1. The fourth-order valence-electron chi connectivity index (χ4n) is 4.62. The molecule has 3 N–H and O–H groups in total. The van der Waals surface area contributed by atoms with Crippen molar-refractivity contribution in [2.45, 2.75) is 12.5 Å². The molecule has 37 heavy (non-hydrogen) atoms. The van der Waals surface area contributed by atoms with Crippen LogP contribution in [0.3, 0.4) is 0 Å². The normalized spacial score (nSPS) is 12.9. The van der Waals surface area contributed by atoms with Crippen LogP contribution in [-0.2, 0) is 30.5 Å². The predicted octanol–water partition coefficient (Wildman–Crippen LogP) is 4.67. The van der Waals surface area contributed by atoms with E-state index in [4.69, 9.17) is 22.3 Å². The van der Waals surface area contributed by atoms with Crippen molar-refractivity contribution in [3.8, 4) is 11.1 Å². The summed E-state index contributed by atoms with van der Waals surface area (Å²) in [5, 5.41) is 5.09. The zero-order valence-corrected chi connectivity index (χ0v) is 21.7. The molecule has 0 fully saturated rings. The lowest BCUT2D eigenvalue weighted by molar-refractivity contribution is 0.576. The van der Waals surface area contributed by atoms with Gasteiger partial charge < -0.3 is 10.3 Å². The molecule has 12 heteroatoms. The maximum Gasteiger partial charge on any atom is 0.231 e. The third kappa shape index (κ3) is 4.77. The Kier molecular flexibility index (Phi) is 6.17. The molecule has 1 atom stereocenters. The number of nitrogens with one attached hydrogen (secondary N) is 1. The highest BCUT2D eigenvalue weighted by molar-refractivity contribution is 7.92. The minimum Gasteiger partial charge on any atom is -0.349 e. The van der Waals surface area contributed by atoms with Crippen LogP contribution in [0.4, 0.5) is 14.6 Å². The van der Waals surface area contributed by atoms with Crippen LogP contribution in [0.1, 0.15) is 17.3 Å². The standard InChI is InChI=1S/C25H23ClF2N6O2S/c1-33-7-6-20-21(33)12-17(23(30-20)19(29)10-13-8-14(27)11-15(28)9-13)16-4-5-18(26)22-24(16)34(2)31-25(22)32-37(3,35)36/h4-9,11-12,19H,10,29H2,1-3H3,(H,31,32). The summed E-state index contributed by atoms with van der Waals surface area (Å²) in [7, 11) is -0.0539. The van der Waals surface area contributed by atoms with Crippen LogP contribution in [0, 0.1) is 11.6 Å². The minimum absolute atomic E-state index is 0.0980. The Morgan fingerprint density at radius 3 is 2.46 bits per heavy atom. The first kappa shape index (κ1) is 25.1. The largest absolute Gasteiger partial charge is 0.349 e. The predicted molar refractivity (Wildman–Crippen MR) is 141 cm³/mol. The number of anilines is 1. The molecule has 0 saturated heterocycles. The topological polar surface area (TPSA) is 108 Å². The van der Waals surface area contributed by atoms with Crippen LogP contribution in [0.2, 0.25) is 5.02 Å². The molecule has 3 aromatic heterocycles. The van der Waals surface area contributed by atoms with Gasteiger partial charge in [0.1, 0.15) is 11.6 Å². The van der Waals surface area contributed by atoms with Crippen molar-refractivity contribution < 1.29 is 17.2 Å². The van der Waals surface area contributed by atoms with E-state index in [0.717, 1.165) is 17.8 Å². The van der Waals surface area contributed by atoms with Crippen LogP contribution < -0.4 is 10.5 Å². The van der Waals surface area contributed by atoms with Crippen molar-refractivity contribution in [2.75, 3.05) is 11.0 Å². The van der Waals surface area contributed by atoms with Gasteiger partial charge in [0, 0.05) is 37.5 Å². The average Bonchev–Trinajstić information content (AvgIpc) is 3.31. The lowest BCUT2D eigenvalue weighted by Crippen LogP contribution is -2.17. The molecule has 0 saturated carbocycles. The first-order valence-corrected chi connectivity index (χ1v) is 13.5. The molecule has 0 radical (unpaired) electrons. The van der Waals surface area contributed by atoms with Crippen molar-refractivity contribution in [3.05, 3.63) is 76.6 Å². The van der Waals surface area contributed by atoms with E-state index in [1.54, 1.807) is 19.2 Å². The van der Waals surface area contributed by atoms with E-state index >= 15 is 0 Å². The third-order valence-electron chi connectivity index (χ3n) is 6.14. The summed E-state index contributed by atoms with van der Waals surface area (Å²) in [6.45, 7) is 0. The van der Waals surface area contributed by atoms with E-state index in [0.29, 0.717) is 43.8 Å². The number of aromatic nitrogens is 4. The van der Waals surface area contributed by atoms with Gasteiger partial charge in [-0.3, -0.25) is 9.40 Å². The molecule has 1 unspecified atom stereocenters. The first-order valence-electron chi connectivity index (χ1n) is 11.2. The molecule has 0 spiro atoms. The zero-order chi connectivity index (χ0) is 26.6. The van der Waals surface area contributed by atoms with Crippen molar-refractivity contribution in [3.63, 3.8) is 0 Å². The number of halogens is 3. The molecule has 5 rings (SSSR count). The van der Waals surface area contributed by atoms with E-state index in [2.05, 4.69) is 9.82 Å². The van der Waals surface area contributed by atoms with E-state index < -0.39 is 27.7 Å². The molecular formula is C25H23ClF2N6O2S. The lowest BCUT2D eigenvalue weighted by atomic mass is 9.94. The molecule has 3 heterocycles. The number of hydrogen-bond donors (Lipinski definition) is 2. The molecule has 0 aliphatic heterocycles. The summed E-state index contributed by atoms with van der Waals surface area (Å²) in [6, 6.07) is 9.82. The highest BCUT2D eigenvalue weighted by atomic mass is 35.5. The van der Waals surface area contributed by atoms with Gasteiger partial charge in [-0.25, -0.2) is 22.2 Å². The highest BCUT2D eigenvalue weighted by Crippen LogP contribution is 2.40. The number of aryl methyl sites for hydroxylation is 2. The van der Waals surface area contributed by atoms with Gasteiger partial charge in [0.2, 0.25) is 10.0 Å². The van der Waals surface area contributed by atoms with Crippen molar-refractivity contribution in [1.29, 1.82) is 0 Å². The molecule has 0 amide bonds. The second-order valence-corrected chi connectivity index (χ2v) is 11.2. The third-order valence-corrected chi connectivity index (χ3v) is 7.01. The Balaban J connectivity index is 1.74. The minimum atomic E-state index is -3.62. The van der Waals surface area contributed by atoms with Gasteiger partial charge in [0.25, 0.3) is 0 Å². The maximum atomic E-state index is 13.8. The number of fused-ring (bicyclic) bond motifs is 2. The summed E-state index contributed by atoms with van der Waals surface area (Å²) in [5.74, 6) is -1.27. The van der Waals surface area contributed by atoms with Gasteiger partial charge in [-0.05, 0) is 42.3 Å². The number of nitrogens with zero attached hydrogens (tertiary/aromatic N) is 4. The zero-order valence-electron chi connectivity index (χ0n) is 20.1. The number of benzene rings is 2. The van der Waals surface area contributed by atoms with Crippen molar-refractivity contribution in [2.24, 2.45) is 19.8 Å². The summed E-state index contributed by atoms with van der Waals surface area (Å²) in [5.41, 5.74) is 11.0. The van der Waals surface area contributed by atoms with E-state index in [9.17, 15) is 17.2 Å². The van der Waals surface area contributed by atoms with Gasteiger partial charge in [-0.2, -0.15) is 5.10 Å². The lowest BCUT2D eigenvalue weighted by Gasteiger charge is -2.18. The van der Waals surface area contributed by atoms with Gasteiger partial charge in [0.15, 0.2) is 5.82 Å². The number of nitrogens with two attached hydrogens (primary N) is 1. The number of sulfonamides is 1. The average molecular weight is 545 g/mol. The summed E-state index contributed by atoms with van der Waals surface area (Å²) < 4.78 is 57.5. The SMILES string of the molecule is Cn1ccc2nc(C(N)Cc3cc(F)cc(F)c3)c(-c3ccc(Cl)c4c(NS(C)(=O)=O)nn(C)c34)cc21. The molecule has 0 aliphatic carbocycles. The second-order valence-electron chi connectivity index (χ2n) is 9.01. The Morgan fingerprint density at radius 2 is 1.78 bits per heavy atom. The Morgan fingerprint density at radius 1 is 1.08 bits per heavy atom. The fraction of sp³-hybridized carbons (Fsp3) is 0.200. The van der Waals surface area contributed by atoms with Gasteiger partial charge in [0.05, 0.1) is 45.0 Å². The van der Waals surface area contributed by atoms with Crippen LogP contribution in [0.15, 0.2) is 48.7 Å². The molecule has 5 aromatic rings. The Bertz CT molecular complexity index is 1780. The molecular weight excluding hydrogens is 522 g/mol. The van der Waals surface area contributed by atoms with Crippen molar-refractivity contribution >= 4 is 49.4 Å². The van der Waals surface area contributed by atoms with Crippen LogP contribution >= 0.6 is 11.6 Å². The highest BCUT2D eigenvalue weighted by Gasteiger charge is 2.24. The van der Waals surface area contributed by atoms with E-state index in [-0.39, 0.29) is 12.2 Å². The van der Waals surface area contributed by atoms with Crippen LogP contribution in [0.25, 0.3) is 33.1 Å². The maximum absolute atomic E-state index is 13.8.